The summed E-state index contributed by atoms with van der Waals surface area (Å²) in [5.74, 6) is 3.10. The second-order valence-electron chi connectivity index (χ2n) is 6.27. The second kappa shape index (κ2) is 6.20. The molecule has 4 heteroatoms. The number of aromatic nitrogens is 1. The molecule has 0 spiro atoms. The Morgan fingerprint density at radius 2 is 1.86 bits per heavy atom. The van der Waals surface area contributed by atoms with Gasteiger partial charge in [-0.05, 0) is 42.5 Å². The summed E-state index contributed by atoms with van der Waals surface area (Å²) in [5, 5.41) is 0.731. The van der Waals surface area contributed by atoms with Gasteiger partial charge in [-0.2, -0.15) is 0 Å². The molecular weight excluding hydrogens is 284 g/mol. The Bertz CT molecular complexity index is 583. The molecule has 2 aromatic rings. The van der Waals surface area contributed by atoms with Gasteiger partial charge in [0, 0.05) is 23.7 Å². The molecular formula is C17H21ClN2O. The maximum absolute atomic E-state index is 5.91. The number of hydrogen-bond donors (Lipinski definition) is 0. The summed E-state index contributed by atoms with van der Waals surface area (Å²) in [4.78, 5) is 6.86. The van der Waals surface area contributed by atoms with E-state index in [0.29, 0.717) is 0 Å². The Kier molecular flexibility index (Phi) is 4.32. The first-order valence-corrected chi connectivity index (χ1v) is 7.91. The van der Waals surface area contributed by atoms with E-state index >= 15 is 0 Å². The number of nitrogens with zero attached hydrogens (tertiary/aromatic N) is 2. The van der Waals surface area contributed by atoms with E-state index in [-0.39, 0.29) is 0 Å². The highest BCUT2D eigenvalue weighted by molar-refractivity contribution is 6.30. The minimum Gasteiger partial charge on any atom is -0.439 e. The summed E-state index contributed by atoms with van der Waals surface area (Å²) in [6, 6.07) is 7.65. The number of hydrogen-bond acceptors (Lipinski definition) is 3. The number of oxazole rings is 1. The van der Waals surface area contributed by atoms with Crippen molar-refractivity contribution >= 4 is 11.6 Å². The summed E-state index contributed by atoms with van der Waals surface area (Å²) in [6.45, 7) is 7.68. The zero-order chi connectivity index (χ0) is 14.8. The standard InChI is InChI=1S/C17H21ClN2O/c1-12-7-13(2)10-20(9-12)11-17-19-8-16(21-17)14-3-5-15(18)6-4-14/h3-6,8,12-13H,7,9-11H2,1-2H3/t12-,13-/m0/s1. The molecule has 1 aliphatic rings. The normalized spacial score (nSPS) is 23.4. The van der Waals surface area contributed by atoms with Crippen LogP contribution in [0.1, 0.15) is 26.2 Å². The molecule has 0 radical (unpaired) electrons. The molecule has 3 rings (SSSR count). The van der Waals surface area contributed by atoms with E-state index in [1.54, 1.807) is 6.20 Å². The SMILES string of the molecule is C[C@H]1C[C@H](C)CN(Cc2ncc(-c3ccc(Cl)cc3)o2)C1. The Balaban J connectivity index is 1.69. The Morgan fingerprint density at radius 1 is 1.19 bits per heavy atom. The third-order valence-electron chi connectivity index (χ3n) is 3.99. The molecule has 3 nitrogen and oxygen atoms in total. The van der Waals surface area contributed by atoms with Gasteiger partial charge >= 0.3 is 0 Å². The number of piperidine rings is 1. The average molecular weight is 305 g/mol. The molecule has 1 aliphatic heterocycles. The molecule has 112 valence electrons. The largest absolute Gasteiger partial charge is 0.439 e. The number of likely N-dealkylation sites (tertiary alicyclic amines) is 1. The van der Waals surface area contributed by atoms with E-state index < -0.39 is 0 Å². The van der Waals surface area contributed by atoms with Crippen molar-refractivity contribution in [1.82, 2.24) is 9.88 Å². The van der Waals surface area contributed by atoms with Gasteiger partial charge in [0.05, 0.1) is 12.7 Å². The van der Waals surface area contributed by atoms with Crippen molar-refractivity contribution in [3.05, 3.63) is 41.4 Å². The minimum absolute atomic E-state index is 0.731. The topological polar surface area (TPSA) is 29.3 Å². The van der Waals surface area contributed by atoms with Crippen LogP contribution in [0.2, 0.25) is 5.02 Å². The van der Waals surface area contributed by atoms with Crippen molar-refractivity contribution in [1.29, 1.82) is 0 Å². The van der Waals surface area contributed by atoms with Crippen molar-refractivity contribution in [2.75, 3.05) is 13.1 Å². The van der Waals surface area contributed by atoms with Crippen LogP contribution in [0.25, 0.3) is 11.3 Å². The van der Waals surface area contributed by atoms with Gasteiger partial charge in [0.1, 0.15) is 0 Å². The van der Waals surface area contributed by atoms with Gasteiger partial charge in [-0.1, -0.05) is 25.4 Å². The molecule has 2 atom stereocenters. The van der Waals surface area contributed by atoms with Crippen molar-refractivity contribution in [2.45, 2.75) is 26.8 Å². The fourth-order valence-electron chi connectivity index (χ4n) is 3.24. The summed E-state index contributed by atoms with van der Waals surface area (Å²) in [7, 11) is 0. The molecule has 0 N–H and O–H groups in total. The van der Waals surface area contributed by atoms with E-state index in [1.165, 1.54) is 6.42 Å². The highest BCUT2D eigenvalue weighted by atomic mass is 35.5. The Morgan fingerprint density at radius 3 is 2.52 bits per heavy atom. The van der Waals surface area contributed by atoms with E-state index in [9.17, 15) is 0 Å². The van der Waals surface area contributed by atoms with Gasteiger partial charge in [-0.15, -0.1) is 0 Å². The van der Waals surface area contributed by atoms with Crippen LogP contribution in [0.4, 0.5) is 0 Å². The predicted molar refractivity (Wildman–Crippen MR) is 85.2 cm³/mol. The first kappa shape index (κ1) is 14.6. The number of benzene rings is 1. The third-order valence-corrected chi connectivity index (χ3v) is 4.24. The summed E-state index contributed by atoms with van der Waals surface area (Å²) < 4.78 is 5.89. The Labute approximate surface area is 130 Å². The van der Waals surface area contributed by atoms with Crippen molar-refractivity contribution in [2.24, 2.45) is 11.8 Å². The molecule has 0 unspecified atom stereocenters. The fraction of sp³-hybridized carbons (Fsp3) is 0.471. The smallest absolute Gasteiger partial charge is 0.209 e. The van der Waals surface area contributed by atoms with Crippen LogP contribution in [-0.2, 0) is 6.54 Å². The molecule has 0 saturated carbocycles. The van der Waals surface area contributed by atoms with Crippen LogP contribution in [0.15, 0.2) is 34.9 Å². The zero-order valence-electron chi connectivity index (χ0n) is 12.6. The van der Waals surface area contributed by atoms with E-state index in [1.807, 2.05) is 24.3 Å². The van der Waals surface area contributed by atoms with Crippen LogP contribution >= 0.6 is 11.6 Å². The lowest BCUT2D eigenvalue weighted by molar-refractivity contribution is 0.124. The lowest BCUT2D eigenvalue weighted by Gasteiger charge is -2.34. The highest BCUT2D eigenvalue weighted by Crippen LogP contribution is 2.25. The van der Waals surface area contributed by atoms with Gasteiger partial charge in [-0.25, -0.2) is 4.98 Å². The quantitative estimate of drug-likeness (QED) is 0.837. The van der Waals surface area contributed by atoms with Crippen LogP contribution < -0.4 is 0 Å². The second-order valence-corrected chi connectivity index (χ2v) is 6.70. The molecule has 0 amide bonds. The summed E-state index contributed by atoms with van der Waals surface area (Å²) in [6.07, 6.45) is 3.12. The zero-order valence-corrected chi connectivity index (χ0v) is 13.3. The van der Waals surface area contributed by atoms with Crippen LogP contribution in [0, 0.1) is 11.8 Å². The van der Waals surface area contributed by atoms with E-state index in [4.69, 9.17) is 16.0 Å². The van der Waals surface area contributed by atoms with Crippen molar-refractivity contribution in [3.8, 4) is 11.3 Å². The van der Waals surface area contributed by atoms with Gasteiger partial charge in [0.25, 0.3) is 0 Å². The first-order valence-electron chi connectivity index (χ1n) is 7.53. The maximum atomic E-state index is 5.91. The van der Waals surface area contributed by atoms with Gasteiger partial charge in [0.2, 0.25) is 5.89 Å². The molecule has 0 bridgehead atoms. The van der Waals surface area contributed by atoms with Crippen LogP contribution in [0.3, 0.4) is 0 Å². The van der Waals surface area contributed by atoms with Crippen LogP contribution in [0.5, 0.6) is 0 Å². The highest BCUT2D eigenvalue weighted by Gasteiger charge is 2.23. The van der Waals surface area contributed by atoms with Crippen molar-refractivity contribution < 1.29 is 4.42 Å². The molecule has 21 heavy (non-hydrogen) atoms. The predicted octanol–water partition coefficient (Wildman–Crippen LogP) is 4.47. The monoisotopic (exact) mass is 304 g/mol. The van der Waals surface area contributed by atoms with E-state index in [0.717, 1.165) is 53.7 Å². The molecule has 1 saturated heterocycles. The van der Waals surface area contributed by atoms with Crippen molar-refractivity contribution in [3.63, 3.8) is 0 Å². The number of halogens is 1. The Hall–Kier alpha value is -1.32. The van der Waals surface area contributed by atoms with Gasteiger partial charge < -0.3 is 4.42 Å². The van der Waals surface area contributed by atoms with Crippen LogP contribution in [-0.4, -0.2) is 23.0 Å². The summed E-state index contributed by atoms with van der Waals surface area (Å²) >= 11 is 5.91. The minimum atomic E-state index is 0.731. The molecule has 1 aromatic heterocycles. The average Bonchev–Trinajstić information content (AvgIpc) is 2.87. The first-order chi connectivity index (χ1) is 10.1. The molecule has 1 fully saturated rings. The molecule has 1 aromatic carbocycles. The molecule has 0 aliphatic carbocycles. The maximum Gasteiger partial charge on any atom is 0.209 e. The fourth-order valence-corrected chi connectivity index (χ4v) is 3.37. The number of rotatable bonds is 3. The van der Waals surface area contributed by atoms with E-state index in [2.05, 4.69) is 23.7 Å². The van der Waals surface area contributed by atoms with Gasteiger partial charge in [-0.3, -0.25) is 4.90 Å². The molecule has 2 heterocycles. The summed E-state index contributed by atoms with van der Waals surface area (Å²) in [5.41, 5.74) is 1.01. The lowest BCUT2D eigenvalue weighted by Crippen LogP contribution is -2.38. The van der Waals surface area contributed by atoms with Gasteiger partial charge in [0.15, 0.2) is 5.76 Å². The third kappa shape index (κ3) is 3.66. The lowest BCUT2D eigenvalue weighted by atomic mass is 9.92.